The molecule has 0 saturated carbocycles. The van der Waals surface area contributed by atoms with Crippen LogP contribution in [0.1, 0.15) is 35.2 Å². The van der Waals surface area contributed by atoms with Gasteiger partial charge in [-0.3, -0.25) is 14.3 Å². The van der Waals surface area contributed by atoms with Gasteiger partial charge < -0.3 is 9.84 Å². The van der Waals surface area contributed by atoms with Gasteiger partial charge in [-0.15, -0.1) is 10.2 Å². The normalized spacial score (nSPS) is 14.4. The topological polar surface area (TPSA) is 79.4 Å². The van der Waals surface area contributed by atoms with Gasteiger partial charge in [-0.25, -0.2) is 0 Å². The van der Waals surface area contributed by atoms with Crippen LogP contribution in [0.15, 0.2) is 77.0 Å². The lowest BCUT2D eigenvalue weighted by molar-refractivity contribution is 0.0995. The van der Waals surface area contributed by atoms with Crippen molar-refractivity contribution in [2.24, 2.45) is 10.2 Å². The molecule has 0 bridgehead atoms. The van der Waals surface area contributed by atoms with Crippen molar-refractivity contribution < 1.29 is 14.6 Å². The number of halogens is 2. The summed E-state index contributed by atoms with van der Waals surface area (Å²) < 4.78 is 7.57. The molecule has 1 amide bonds. The van der Waals surface area contributed by atoms with Crippen molar-refractivity contribution in [3.8, 4) is 11.6 Å². The van der Waals surface area contributed by atoms with Gasteiger partial charge in [0.25, 0.3) is 5.91 Å². The molecular weight excluding hydrogens is 511 g/mol. The summed E-state index contributed by atoms with van der Waals surface area (Å²) in [7, 11) is 0. The molecule has 0 unspecified atom stereocenters. The fourth-order valence-electron chi connectivity index (χ4n) is 4.48. The molecule has 9 heteroatoms. The summed E-state index contributed by atoms with van der Waals surface area (Å²) in [4.78, 5) is 15.0. The molecule has 0 spiro atoms. The van der Waals surface area contributed by atoms with Crippen LogP contribution >= 0.6 is 23.2 Å². The number of carbonyl (C=O) groups is 1. The maximum absolute atomic E-state index is 12.7. The monoisotopic (exact) mass is 536 g/mol. The van der Waals surface area contributed by atoms with E-state index in [1.54, 1.807) is 47.0 Å². The van der Waals surface area contributed by atoms with E-state index < -0.39 is 5.91 Å². The Hall–Kier alpha value is -3.39. The third-order valence-corrected chi connectivity index (χ3v) is 6.87. The highest BCUT2D eigenvalue weighted by atomic mass is 35.5. The number of ether oxygens (including phenoxy) is 1. The van der Waals surface area contributed by atoms with Gasteiger partial charge in [0.05, 0.1) is 12.2 Å². The number of nitrogens with zero attached hydrogens (tertiary/aromatic N) is 4. The Bertz CT molecular complexity index is 1440. The highest BCUT2D eigenvalue weighted by molar-refractivity contribution is 6.31. The second kappa shape index (κ2) is 11.3. The van der Waals surface area contributed by atoms with Crippen molar-refractivity contribution in [3.63, 3.8) is 0 Å². The van der Waals surface area contributed by atoms with E-state index in [1.165, 1.54) is 6.42 Å². The number of rotatable bonds is 7. The first-order chi connectivity index (χ1) is 18.0. The minimum Gasteiger partial charge on any atom is -0.493 e. The van der Waals surface area contributed by atoms with Gasteiger partial charge in [0.1, 0.15) is 12.4 Å². The number of azo groups is 1. The largest absolute Gasteiger partial charge is 0.493 e. The van der Waals surface area contributed by atoms with Crippen LogP contribution in [0.25, 0.3) is 10.9 Å². The number of aromatic nitrogens is 1. The minimum absolute atomic E-state index is 0.0378. The molecule has 4 aromatic rings. The molecule has 2 heterocycles. The number of fused-ring (bicyclic) bond motifs is 1. The fourth-order valence-corrected chi connectivity index (χ4v) is 4.86. The second-order valence-corrected chi connectivity index (χ2v) is 9.90. The molecule has 5 rings (SSSR count). The second-order valence-electron chi connectivity index (χ2n) is 9.03. The first-order valence-electron chi connectivity index (χ1n) is 12.1. The molecule has 1 fully saturated rings. The molecule has 1 saturated heterocycles. The van der Waals surface area contributed by atoms with E-state index in [9.17, 15) is 9.90 Å². The van der Waals surface area contributed by atoms with Gasteiger partial charge in [0, 0.05) is 21.0 Å². The van der Waals surface area contributed by atoms with Crippen LogP contribution in [-0.2, 0) is 13.3 Å². The van der Waals surface area contributed by atoms with Gasteiger partial charge in [0.2, 0.25) is 5.88 Å². The van der Waals surface area contributed by atoms with Gasteiger partial charge in [-0.2, -0.15) is 0 Å². The van der Waals surface area contributed by atoms with Gasteiger partial charge >= 0.3 is 0 Å². The average Bonchev–Trinajstić information content (AvgIpc) is 3.16. The Morgan fingerprint density at radius 3 is 2.46 bits per heavy atom. The van der Waals surface area contributed by atoms with Crippen LogP contribution in [-0.4, -0.2) is 33.6 Å². The summed E-state index contributed by atoms with van der Waals surface area (Å²) in [6.07, 6.45) is 3.50. The lowest BCUT2D eigenvalue weighted by atomic mass is 10.1. The molecule has 3 aromatic carbocycles. The maximum Gasteiger partial charge on any atom is 0.295 e. The lowest BCUT2D eigenvalue weighted by Crippen LogP contribution is -2.31. The Kier molecular flexibility index (Phi) is 7.74. The lowest BCUT2D eigenvalue weighted by Gasteiger charge is -2.27. The van der Waals surface area contributed by atoms with Gasteiger partial charge in [0.15, 0.2) is 5.69 Å². The van der Waals surface area contributed by atoms with E-state index in [2.05, 4.69) is 15.1 Å². The molecule has 0 radical (unpaired) electrons. The van der Waals surface area contributed by atoms with E-state index in [4.69, 9.17) is 27.9 Å². The minimum atomic E-state index is -0.528. The molecule has 1 N–H and O–H groups in total. The Labute approximate surface area is 224 Å². The molecule has 1 aromatic heterocycles. The standard InChI is InChI=1S/C28H26Cl2N4O3/c29-21-6-4-5-19(15-21)17-37-23-10-7-20(8-11-23)27(35)32-31-26-24-16-22(30)9-12-25(24)34(28(26)36)18-33-13-2-1-3-14-33/h4-12,15-16,36H,1-3,13-14,17-18H2. The SMILES string of the molecule is O=C(N=Nc1c(O)n(CN2CCCCC2)c2ccc(Cl)cc12)c1ccc(OCc2cccc(Cl)c2)cc1. The number of benzene rings is 3. The number of piperidine rings is 1. The van der Waals surface area contributed by atoms with Crippen LogP contribution in [0, 0.1) is 0 Å². The van der Waals surface area contributed by atoms with E-state index in [1.807, 2.05) is 24.3 Å². The molecule has 37 heavy (non-hydrogen) atoms. The molecule has 0 atom stereocenters. The third-order valence-electron chi connectivity index (χ3n) is 6.40. The first-order valence-corrected chi connectivity index (χ1v) is 12.9. The van der Waals surface area contributed by atoms with E-state index in [0.29, 0.717) is 40.0 Å². The zero-order valence-electron chi connectivity index (χ0n) is 20.1. The van der Waals surface area contributed by atoms with E-state index >= 15 is 0 Å². The molecular formula is C28H26Cl2N4O3. The maximum atomic E-state index is 12.7. The van der Waals surface area contributed by atoms with Crippen molar-refractivity contribution in [1.82, 2.24) is 9.47 Å². The van der Waals surface area contributed by atoms with Crippen LogP contribution < -0.4 is 4.74 Å². The van der Waals surface area contributed by atoms with Crippen LogP contribution in [0.2, 0.25) is 10.0 Å². The van der Waals surface area contributed by atoms with Crippen molar-refractivity contribution in [2.45, 2.75) is 32.5 Å². The predicted molar refractivity (Wildman–Crippen MR) is 145 cm³/mol. The molecule has 1 aliphatic heterocycles. The van der Waals surface area contributed by atoms with Crippen LogP contribution in [0.4, 0.5) is 5.69 Å². The number of amides is 1. The molecule has 7 nitrogen and oxygen atoms in total. The van der Waals surface area contributed by atoms with Gasteiger partial charge in [-0.1, -0.05) is 41.8 Å². The molecule has 1 aliphatic rings. The Balaban J connectivity index is 1.32. The van der Waals surface area contributed by atoms with E-state index in [0.717, 1.165) is 37.0 Å². The average molecular weight is 537 g/mol. The number of likely N-dealkylation sites (tertiary alicyclic amines) is 1. The summed E-state index contributed by atoms with van der Waals surface area (Å²) in [5, 5.41) is 20.9. The molecule has 0 aliphatic carbocycles. The van der Waals surface area contributed by atoms with E-state index in [-0.39, 0.29) is 11.6 Å². The molecule has 190 valence electrons. The highest BCUT2D eigenvalue weighted by Gasteiger charge is 2.20. The summed E-state index contributed by atoms with van der Waals surface area (Å²) >= 11 is 12.2. The number of aromatic hydroxyl groups is 1. The van der Waals surface area contributed by atoms with Crippen LogP contribution in [0.5, 0.6) is 11.6 Å². The summed E-state index contributed by atoms with van der Waals surface area (Å²) in [5.74, 6) is 0.0467. The number of hydrogen-bond acceptors (Lipinski definition) is 5. The Morgan fingerprint density at radius 1 is 0.946 bits per heavy atom. The van der Waals surface area contributed by atoms with Crippen LogP contribution in [0.3, 0.4) is 0 Å². The summed E-state index contributed by atoms with van der Waals surface area (Å²) in [6.45, 7) is 2.84. The smallest absolute Gasteiger partial charge is 0.295 e. The van der Waals surface area contributed by atoms with Crippen molar-refractivity contribution >= 4 is 45.7 Å². The quantitative estimate of drug-likeness (QED) is 0.246. The highest BCUT2D eigenvalue weighted by Crippen LogP contribution is 2.40. The third kappa shape index (κ3) is 5.96. The summed E-state index contributed by atoms with van der Waals surface area (Å²) in [5.41, 5.74) is 2.31. The number of carbonyl (C=O) groups excluding carboxylic acids is 1. The van der Waals surface area contributed by atoms with Crippen molar-refractivity contribution in [3.05, 3.63) is 87.9 Å². The zero-order chi connectivity index (χ0) is 25.8. The summed E-state index contributed by atoms with van der Waals surface area (Å²) in [6, 6.07) is 19.5. The first kappa shape index (κ1) is 25.3. The predicted octanol–water partition coefficient (Wildman–Crippen LogP) is 7.60. The van der Waals surface area contributed by atoms with Crippen molar-refractivity contribution in [2.75, 3.05) is 13.1 Å². The number of hydrogen-bond donors (Lipinski definition) is 1. The zero-order valence-corrected chi connectivity index (χ0v) is 21.6. The fraction of sp³-hybridized carbons (Fsp3) is 0.250. The van der Waals surface area contributed by atoms with Crippen molar-refractivity contribution in [1.29, 1.82) is 0 Å². The van der Waals surface area contributed by atoms with Gasteiger partial charge in [-0.05, 0) is 86.1 Å². The Morgan fingerprint density at radius 2 is 1.70 bits per heavy atom.